The number of esters is 2. The molecule has 5 heteroatoms. The van der Waals surface area contributed by atoms with E-state index in [1.54, 1.807) is 0 Å². The van der Waals surface area contributed by atoms with Gasteiger partial charge in [0, 0.05) is 12.8 Å². The highest BCUT2D eigenvalue weighted by Gasteiger charge is 2.16. The molecule has 0 bridgehead atoms. The first-order valence-electron chi connectivity index (χ1n) is 30.8. The van der Waals surface area contributed by atoms with Crippen LogP contribution in [0.1, 0.15) is 296 Å². The van der Waals surface area contributed by atoms with Crippen LogP contribution in [0.15, 0.2) is 97.2 Å². The Balaban J connectivity index is 3.48. The van der Waals surface area contributed by atoms with Gasteiger partial charge in [0.25, 0.3) is 0 Å². The molecule has 1 N–H and O–H groups in total. The maximum Gasteiger partial charge on any atom is 0.306 e. The molecule has 0 fully saturated rings. The van der Waals surface area contributed by atoms with Gasteiger partial charge in [0.05, 0.1) is 6.61 Å². The molecule has 5 nitrogen and oxygen atoms in total. The summed E-state index contributed by atoms with van der Waals surface area (Å²) < 4.78 is 10.7. The first-order chi connectivity index (χ1) is 35.6. The summed E-state index contributed by atoms with van der Waals surface area (Å²) in [5.41, 5.74) is 0. The number of carbonyl (C=O) groups excluding carboxylic acids is 2. The molecule has 72 heavy (non-hydrogen) atoms. The second-order valence-electron chi connectivity index (χ2n) is 20.4. The lowest BCUT2D eigenvalue weighted by Gasteiger charge is -2.15. The van der Waals surface area contributed by atoms with Crippen LogP contribution in [0.3, 0.4) is 0 Å². The summed E-state index contributed by atoms with van der Waals surface area (Å²) in [7, 11) is 0. The minimum Gasteiger partial charge on any atom is -0.462 e. The Hall–Kier alpha value is -3.18. The zero-order valence-electron chi connectivity index (χ0n) is 47.4. The van der Waals surface area contributed by atoms with Gasteiger partial charge in [-0.1, -0.05) is 284 Å². The minimum absolute atomic E-state index is 0.0687. The number of aliphatic hydroxyl groups is 1. The van der Waals surface area contributed by atoms with E-state index in [1.807, 2.05) is 0 Å². The Labute approximate surface area is 447 Å². The fourth-order valence-electron chi connectivity index (χ4n) is 8.77. The van der Waals surface area contributed by atoms with Crippen LogP contribution in [0.5, 0.6) is 0 Å². The van der Waals surface area contributed by atoms with E-state index in [2.05, 4.69) is 111 Å². The Kier molecular flexibility index (Phi) is 59.4. The summed E-state index contributed by atoms with van der Waals surface area (Å²) in [6, 6.07) is 0. The summed E-state index contributed by atoms with van der Waals surface area (Å²) in [5, 5.41) is 9.68. The van der Waals surface area contributed by atoms with Crippen molar-refractivity contribution in [3.8, 4) is 0 Å². The molecule has 0 aliphatic carbocycles. The lowest BCUT2D eigenvalue weighted by molar-refractivity contribution is -0.161. The van der Waals surface area contributed by atoms with Gasteiger partial charge in [-0.3, -0.25) is 9.59 Å². The summed E-state index contributed by atoms with van der Waals surface area (Å²) in [4.78, 5) is 24.6. The molecule has 0 spiro atoms. The molecule has 0 saturated carbocycles. The maximum atomic E-state index is 12.3. The van der Waals surface area contributed by atoms with Crippen molar-refractivity contribution in [3.05, 3.63) is 97.2 Å². The van der Waals surface area contributed by atoms with E-state index in [1.165, 1.54) is 186 Å². The topological polar surface area (TPSA) is 72.8 Å². The highest BCUT2D eigenvalue weighted by atomic mass is 16.6. The van der Waals surface area contributed by atoms with E-state index in [-0.39, 0.29) is 25.2 Å². The van der Waals surface area contributed by atoms with Crippen LogP contribution in [-0.2, 0) is 19.1 Å². The fraction of sp³-hybridized carbons (Fsp3) is 0.731. The number of allylic oxidation sites excluding steroid dienone is 16. The van der Waals surface area contributed by atoms with Gasteiger partial charge in [0.15, 0.2) is 6.10 Å². The van der Waals surface area contributed by atoms with Crippen molar-refractivity contribution in [1.82, 2.24) is 0 Å². The molecule has 0 aliphatic heterocycles. The lowest BCUT2D eigenvalue weighted by atomic mass is 10.0. The van der Waals surface area contributed by atoms with Gasteiger partial charge in [0.1, 0.15) is 6.61 Å². The third-order valence-corrected chi connectivity index (χ3v) is 13.4. The molecular formula is C67H116O5. The predicted octanol–water partition coefficient (Wildman–Crippen LogP) is 21.1. The van der Waals surface area contributed by atoms with Crippen molar-refractivity contribution in [2.75, 3.05) is 13.2 Å². The first kappa shape index (κ1) is 68.8. The molecule has 0 saturated heterocycles. The quantitative estimate of drug-likeness (QED) is 0.0373. The van der Waals surface area contributed by atoms with Gasteiger partial charge in [-0.2, -0.15) is 0 Å². The minimum atomic E-state index is -0.778. The van der Waals surface area contributed by atoms with Crippen molar-refractivity contribution < 1.29 is 24.2 Å². The highest BCUT2D eigenvalue weighted by Crippen LogP contribution is 2.16. The van der Waals surface area contributed by atoms with Gasteiger partial charge in [-0.05, 0) is 96.3 Å². The molecule has 0 radical (unpaired) electrons. The summed E-state index contributed by atoms with van der Waals surface area (Å²) in [6.07, 6.45) is 88.2. The van der Waals surface area contributed by atoms with Crippen molar-refractivity contribution in [2.24, 2.45) is 0 Å². The molecular weight excluding hydrogens is 885 g/mol. The number of aliphatic hydroxyl groups excluding tert-OH is 1. The average Bonchev–Trinajstić information content (AvgIpc) is 3.38. The molecule has 0 rings (SSSR count). The molecule has 0 aromatic heterocycles. The standard InChI is InChI=1S/C67H116O5/c1-3-5-7-9-11-13-15-17-19-21-23-25-27-29-31-32-33-34-36-38-40-42-44-46-48-50-52-54-56-58-60-62-67(70)72-65(63-68)64-71-66(69)61-59-57-55-53-51-49-47-45-43-41-39-37-35-30-28-26-24-22-20-18-16-14-12-10-8-6-4-2/h5,7,11,13,16-19,22-25,28-31,65,68H,3-4,6,8-10,12,14-15,20-21,26-27,32-64H2,1-2H3/b7-5-,13-11-,18-16-,19-17-,24-22-,25-23-,30-28-,31-29-. The van der Waals surface area contributed by atoms with E-state index < -0.39 is 6.10 Å². The van der Waals surface area contributed by atoms with E-state index in [9.17, 15) is 14.7 Å². The van der Waals surface area contributed by atoms with Crippen LogP contribution in [-0.4, -0.2) is 36.4 Å². The Morgan fingerprint density at radius 3 is 0.903 bits per heavy atom. The SMILES string of the molecule is CC/C=C\C/C=C\C/C=C\C/C=C\C/C=C\CCCCCCCCCCCCCCCCCC(=O)OC(CO)COC(=O)CCCCCCCCCCCCCC/C=C\C/C=C\C/C=C\CCCCCCC. The number of ether oxygens (including phenoxy) is 2. The molecule has 0 heterocycles. The molecule has 0 aromatic rings. The summed E-state index contributed by atoms with van der Waals surface area (Å²) in [5.74, 6) is -0.587. The van der Waals surface area contributed by atoms with Crippen LogP contribution in [0.2, 0.25) is 0 Å². The van der Waals surface area contributed by atoms with E-state index in [4.69, 9.17) is 9.47 Å². The van der Waals surface area contributed by atoms with Gasteiger partial charge in [-0.25, -0.2) is 0 Å². The van der Waals surface area contributed by atoms with Crippen LogP contribution >= 0.6 is 0 Å². The molecule has 0 amide bonds. The van der Waals surface area contributed by atoms with Gasteiger partial charge >= 0.3 is 11.9 Å². The molecule has 414 valence electrons. The normalized spacial score (nSPS) is 12.9. The number of hydrogen-bond donors (Lipinski definition) is 1. The average molecular weight is 1000 g/mol. The van der Waals surface area contributed by atoms with Crippen molar-refractivity contribution in [3.63, 3.8) is 0 Å². The third-order valence-electron chi connectivity index (χ3n) is 13.4. The zero-order chi connectivity index (χ0) is 52.0. The van der Waals surface area contributed by atoms with E-state index >= 15 is 0 Å². The van der Waals surface area contributed by atoms with Crippen LogP contribution < -0.4 is 0 Å². The van der Waals surface area contributed by atoms with Crippen molar-refractivity contribution in [2.45, 2.75) is 302 Å². The summed E-state index contributed by atoms with van der Waals surface area (Å²) >= 11 is 0. The molecule has 0 aliphatic rings. The third kappa shape index (κ3) is 59.4. The fourth-order valence-corrected chi connectivity index (χ4v) is 8.77. The Morgan fingerprint density at radius 2 is 0.597 bits per heavy atom. The van der Waals surface area contributed by atoms with Gasteiger partial charge in [0.2, 0.25) is 0 Å². The van der Waals surface area contributed by atoms with Crippen molar-refractivity contribution >= 4 is 11.9 Å². The molecule has 1 atom stereocenters. The van der Waals surface area contributed by atoms with Crippen molar-refractivity contribution in [1.29, 1.82) is 0 Å². The van der Waals surface area contributed by atoms with Gasteiger partial charge in [-0.15, -0.1) is 0 Å². The van der Waals surface area contributed by atoms with Crippen LogP contribution in [0.4, 0.5) is 0 Å². The number of hydrogen-bond acceptors (Lipinski definition) is 5. The van der Waals surface area contributed by atoms with E-state index in [0.29, 0.717) is 12.8 Å². The molecule has 0 aromatic carbocycles. The van der Waals surface area contributed by atoms with Gasteiger partial charge < -0.3 is 14.6 Å². The number of unbranched alkanes of at least 4 members (excludes halogenated alkanes) is 32. The first-order valence-corrected chi connectivity index (χ1v) is 30.8. The predicted molar refractivity (Wildman–Crippen MR) is 316 cm³/mol. The monoisotopic (exact) mass is 1000 g/mol. The largest absolute Gasteiger partial charge is 0.462 e. The Bertz CT molecular complexity index is 1360. The van der Waals surface area contributed by atoms with E-state index in [0.717, 1.165) is 83.5 Å². The highest BCUT2D eigenvalue weighted by molar-refractivity contribution is 5.70. The molecule has 1 unspecified atom stereocenters. The Morgan fingerprint density at radius 1 is 0.333 bits per heavy atom. The van der Waals surface area contributed by atoms with Crippen LogP contribution in [0, 0.1) is 0 Å². The maximum absolute atomic E-state index is 12.3. The number of rotatable bonds is 56. The second-order valence-corrected chi connectivity index (χ2v) is 20.4. The zero-order valence-corrected chi connectivity index (χ0v) is 47.4. The van der Waals surface area contributed by atoms with Crippen LogP contribution in [0.25, 0.3) is 0 Å². The lowest BCUT2D eigenvalue weighted by Crippen LogP contribution is -2.28. The second kappa shape index (κ2) is 62.1. The summed E-state index contributed by atoms with van der Waals surface area (Å²) in [6.45, 7) is 4.04. The smallest absolute Gasteiger partial charge is 0.306 e. The number of carbonyl (C=O) groups is 2.